The summed E-state index contributed by atoms with van der Waals surface area (Å²) >= 11 is 0. The van der Waals surface area contributed by atoms with Crippen molar-refractivity contribution in [3.05, 3.63) is 0 Å². The van der Waals surface area contributed by atoms with Crippen molar-refractivity contribution in [2.75, 3.05) is 26.9 Å². The van der Waals surface area contributed by atoms with E-state index in [0.29, 0.717) is 0 Å². The third kappa shape index (κ3) is 5.76. The fourth-order valence-electron chi connectivity index (χ4n) is 0.564. The Morgan fingerprint density at radius 1 is 1.22 bits per heavy atom. The van der Waals surface area contributed by atoms with Crippen LogP contribution in [0, 0.1) is 0 Å². The van der Waals surface area contributed by atoms with Crippen molar-refractivity contribution in [1.29, 1.82) is 0 Å². The third-order valence-electron chi connectivity index (χ3n) is 1.19. The van der Waals surface area contributed by atoms with Gasteiger partial charge in [-0.2, -0.15) is 0 Å². The fourth-order valence-corrected chi connectivity index (χ4v) is 0.564. The number of nitrogens with zero attached hydrogens (tertiary/aromatic N) is 1. The van der Waals surface area contributed by atoms with Crippen LogP contribution in [-0.2, 0) is 0 Å². The minimum absolute atomic E-state index is 0.103. The first-order valence-corrected chi connectivity index (χ1v) is 3.21. The zero-order chi connectivity index (χ0) is 7.11. The highest BCUT2D eigenvalue weighted by Gasteiger charge is 1.92. The van der Waals surface area contributed by atoms with Gasteiger partial charge in [-0.05, 0) is 19.9 Å². The van der Waals surface area contributed by atoms with E-state index in [-0.39, 0.29) is 13.3 Å². The second-order valence-corrected chi connectivity index (χ2v) is 2.15. The molecule has 0 bridgehead atoms. The lowest BCUT2D eigenvalue weighted by Crippen LogP contribution is -2.20. The lowest BCUT2D eigenvalue weighted by atomic mass is 10.3. The number of aliphatic hydroxyl groups excluding tert-OH is 2. The SMILES string of the molecule is CN(CO)CCCCO. The molecule has 0 spiro atoms. The molecule has 3 nitrogen and oxygen atoms in total. The molecule has 0 amide bonds. The van der Waals surface area contributed by atoms with Gasteiger partial charge in [0.2, 0.25) is 0 Å². The van der Waals surface area contributed by atoms with Crippen LogP contribution in [-0.4, -0.2) is 42.0 Å². The maximum Gasteiger partial charge on any atom is 0.0954 e. The van der Waals surface area contributed by atoms with Crippen LogP contribution >= 0.6 is 0 Å². The van der Waals surface area contributed by atoms with Crippen molar-refractivity contribution in [1.82, 2.24) is 4.90 Å². The summed E-state index contributed by atoms with van der Waals surface area (Å²) in [4.78, 5) is 1.80. The standard InChI is InChI=1S/C6H15NO2/c1-7(6-9)4-2-3-5-8/h8-9H,2-6H2,1H3. The van der Waals surface area contributed by atoms with Crippen LogP contribution in [0.4, 0.5) is 0 Å². The molecular weight excluding hydrogens is 118 g/mol. The van der Waals surface area contributed by atoms with Crippen molar-refractivity contribution < 1.29 is 10.2 Å². The second kappa shape index (κ2) is 6.01. The highest BCUT2D eigenvalue weighted by Crippen LogP contribution is 1.89. The molecule has 0 aliphatic carbocycles. The number of hydrogen-bond acceptors (Lipinski definition) is 3. The van der Waals surface area contributed by atoms with Crippen molar-refractivity contribution in [2.24, 2.45) is 0 Å². The molecule has 0 atom stereocenters. The van der Waals surface area contributed by atoms with E-state index >= 15 is 0 Å². The van der Waals surface area contributed by atoms with E-state index in [2.05, 4.69) is 0 Å². The highest BCUT2D eigenvalue weighted by molar-refractivity contribution is 4.44. The van der Waals surface area contributed by atoms with E-state index in [4.69, 9.17) is 10.2 Å². The molecule has 0 saturated carbocycles. The molecule has 9 heavy (non-hydrogen) atoms. The van der Waals surface area contributed by atoms with Gasteiger partial charge in [0.05, 0.1) is 6.73 Å². The summed E-state index contributed by atoms with van der Waals surface area (Å²) in [7, 11) is 1.84. The van der Waals surface area contributed by atoms with E-state index in [1.807, 2.05) is 7.05 Å². The maximum absolute atomic E-state index is 8.50. The van der Waals surface area contributed by atoms with Crippen molar-refractivity contribution in [2.45, 2.75) is 12.8 Å². The topological polar surface area (TPSA) is 43.7 Å². The molecule has 0 aromatic rings. The van der Waals surface area contributed by atoms with Crippen LogP contribution in [0.25, 0.3) is 0 Å². The zero-order valence-corrected chi connectivity index (χ0v) is 5.88. The van der Waals surface area contributed by atoms with Gasteiger partial charge in [0.15, 0.2) is 0 Å². The van der Waals surface area contributed by atoms with Crippen molar-refractivity contribution in [3.8, 4) is 0 Å². The Morgan fingerprint density at radius 3 is 2.33 bits per heavy atom. The predicted molar refractivity (Wildman–Crippen MR) is 36.0 cm³/mol. The molecule has 0 aliphatic heterocycles. The van der Waals surface area contributed by atoms with E-state index in [1.54, 1.807) is 4.90 Å². The monoisotopic (exact) mass is 133 g/mol. The van der Waals surface area contributed by atoms with E-state index in [9.17, 15) is 0 Å². The van der Waals surface area contributed by atoms with Crippen molar-refractivity contribution in [3.63, 3.8) is 0 Å². The lowest BCUT2D eigenvalue weighted by Gasteiger charge is -2.10. The number of rotatable bonds is 5. The molecule has 0 aromatic carbocycles. The van der Waals surface area contributed by atoms with Crippen molar-refractivity contribution >= 4 is 0 Å². The fraction of sp³-hybridized carbons (Fsp3) is 1.00. The molecule has 3 heteroatoms. The van der Waals surface area contributed by atoms with Gasteiger partial charge in [0.25, 0.3) is 0 Å². The normalized spacial score (nSPS) is 10.7. The summed E-state index contributed by atoms with van der Waals surface area (Å²) in [5.74, 6) is 0. The zero-order valence-electron chi connectivity index (χ0n) is 5.88. The van der Waals surface area contributed by atoms with Gasteiger partial charge in [-0.3, -0.25) is 4.90 Å². The van der Waals surface area contributed by atoms with Gasteiger partial charge in [-0.15, -0.1) is 0 Å². The van der Waals surface area contributed by atoms with Crippen LogP contribution in [0.5, 0.6) is 0 Å². The number of aliphatic hydroxyl groups is 2. The molecule has 2 N–H and O–H groups in total. The number of unbranched alkanes of at least 4 members (excludes halogenated alkanes) is 1. The molecule has 0 aliphatic rings. The van der Waals surface area contributed by atoms with Gasteiger partial charge in [-0.1, -0.05) is 0 Å². The summed E-state index contributed by atoms with van der Waals surface area (Å²) in [6.45, 7) is 1.21. The second-order valence-electron chi connectivity index (χ2n) is 2.15. The van der Waals surface area contributed by atoms with Crippen LogP contribution in [0.3, 0.4) is 0 Å². The predicted octanol–water partition coefficient (Wildman–Crippen LogP) is -0.360. The molecule has 0 fully saturated rings. The minimum atomic E-state index is 0.103. The minimum Gasteiger partial charge on any atom is -0.396 e. The highest BCUT2D eigenvalue weighted by atomic mass is 16.3. The van der Waals surface area contributed by atoms with Crippen LogP contribution < -0.4 is 0 Å². The lowest BCUT2D eigenvalue weighted by molar-refractivity contribution is 0.128. The Kier molecular flexibility index (Phi) is 5.93. The Labute approximate surface area is 55.9 Å². The molecule has 0 heterocycles. The Bertz CT molecular complexity index is 59.0. The first kappa shape index (κ1) is 8.88. The average Bonchev–Trinajstić information content (AvgIpc) is 1.89. The Balaban J connectivity index is 2.88. The van der Waals surface area contributed by atoms with Gasteiger partial charge < -0.3 is 10.2 Å². The van der Waals surface area contributed by atoms with Crippen LogP contribution in [0.15, 0.2) is 0 Å². The first-order valence-electron chi connectivity index (χ1n) is 3.21. The summed E-state index contributed by atoms with van der Waals surface area (Å²) < 4.78 is 0. The Hall–Kier alpha value is -0.120. The van der Waals surface area contributed by atoms with Gasteiger partial charge in [-0.25, -0.2) is 0 Å². The molecule has 0 aromatic heterocycles. The van der Waals surface area contributed by atoms with E-state index in [1.165, 1.54) is 0 Å². The summed E-state index contributed by atoms with van der Waals surface area (Å²) in [6, 6.07) is 0. The van der Waals surface area contributed by atoms with Gasteiger partial charge in [0, 0.05) is 13.2 Å². The quantitative estimate of drug-likeness (QED) is 0.397. The Morgan fingerprint density at radius 2 is 1.89 bits per heavy atom. The van der Waals surface area contributed by atoms with Crippen LogP contribution in [0.2, 0.25) is 0 Å². The molecule has 0 unspecified atom stereocenters. The largest absolute Gasteiger partial charge is 0.396 e. The molecule has 0 rings (SSSR count). The van der Waals surface area contributed by atoms with Gasteiger partial charge >= 0.3 is 0 Å². The molecular formula is C6H15NO2. The van der Waals surface area contributed by atoms with E-state index in [0.717, 1.165) is 19.4 Å². The van der Waals surface area contributed by atoms with E-state index < -0.39 is 0 Å². The first-order chi connectivity index (χ1) is 4.31. The third-order valence-corrected chi connectivity index (χ3v) is 1.19. The molecule has 0 saturated heterocycles. The van der Waals surface area contributed by atoms with Crippen LogP contribution in [0.1, 0.15) is 12.8 Å². The summed E-state index contributed by atoms with van der Waals surface area (Å²) in [5, 5.41) is 16.9. The molecule has 56 valence electrons. The summed E-state index contributed by atoms with van der Waals surface area (Å²) in [5.41, 5.74) is 0. The number of hydrogen-bond donors (Lipinski definition) is 2. The molecule has 0 radical (unpaired) electrons. The maximum atomic E-state index is 8.50. The van der Waals surface area contributed by atoms with Gasteiger partial charge in [0.1, 0.15) is 0 Å². The smallest absolute Gasteiger partial charge is 0.0954 e. The average molecular weight is 133 g/mol. The summed E-state index contributed by atoms with van der Waals surface area (Å²) in [6.07, 6.45) is 1.78.